The van der Waals surface area contributed by atoms with Crippen LogP contribution in [0.15, 0.2) is 82.8 Å². The number of hydrogen-bond acceptors (Lipinski definition) is 4. The van der Waals surface area contributed by atoms with Crippen molar-refractivity contribution in [2.24, 2.45) is 5.10 Å². The van der Waals surface area contributed by atoms with Gasteiger partial charge in [0.15, 0.2) is 0 Å². The molecule has 6 heteroatoms. The fraction of sp³-hybridized carbons (Fsp3) is 0.125. The average Bonchev–Trinajstić information content (AvgIpc) is 3.10. The number of hydrogen-bond donors (Lipinski definition) is 1. The molecule has 0 bridgehead atoms. The Morgan fingerprint density at radius 3 is 2.53 bits per heavy atom. The van der Waals surface area contributed by atoms with E-state index in [4.69, 9.17) is 10.8 Å². The molecule has 2 N–H and O–H groups in total. The van der Waals surface area contributed by atoms with Crippen LogP contribution in [0.5, 0.6) is 0 Å². The molecule has 0 saturated heterocycles. The molecule has 0 aliphatic heterocycles. The molecule has 0 fully saturated rings. The summed E-state index contributed by atoms with van der Waals surface area (Å²) in [7, 11) is 0. The first-order valence-electron chi connectivity index (χ1n) is 9.71. The van der Waals surface area contributed by atoms with E-state index in [2.05, 4.69) is 23.3 Å². The summed E-state index contributed by atoms with van der Waals surface area (Å²) in [4.78, 5) is 12.3. The number of aromatic nitrogens is 3. The largest absolute Gasteiger partial charge is 0.384 e. The second-order valence-electron chi connectivity index (χ2n) is 7.34. The quantitative estimate of drug-likeness (QED) is 0.520. The molecule has 30 heavy (non-hydrogen) atoms. The molecular weight excluding hydrogens is 374 g/mol. The summed E-state index contributed by atoms with van der Waals surface area (Å²) >= 11 is 0. The highest BCUT2D eigenvalue weighted by molar-refractivity contribution is 5.88. The zero-order valence-electron chi connectivity index (χ0n) is 17.0. The van der Waals surface area contributed by atoms with E-state index in [-0.39, 0.29) is 5.56 Å². The fourth-order valence-corrected chi connectivity index (χ4v) is 3.36. The van der Waals surface area contributed by atoms with Gasteiger partial charge < -0.3 is 5.73 Å². The molecule has 2 aromatic heterocycles. The summed E-state index contributed by atoms with van der Waals surface area (Å²) < 4.78 is 3.08. The van der Waals surface area contributed by atoms with Crippen molar-refractivity contribution in [1.29, 1.82) is 0 Å². The van der Waals surface area contributed by atoms with Gasteiger partial charge in [0, 0.05) is 23.4 Å². The first-order chi connectivity index (χ1) is 14.5. The second-order valence-corrected chi connectivity index (χ2v) is 7.34. The molecule has 4 aromatic rings. The zero-order chi connectivity index (χ0) is 21.1. The van der Waals surface area contributed by atoms with Gasteiger partial charge in [0.25, 0.3) is 5.56 Å². The summed E-state index contributed by atoms with van der Waals surface area (Å²) in [6.45, 7) is 4.51. The Morgan fingerprint density at radius 2 is 1.80 bits per heavy atom. The fourth-order valence-electron chi connectivity index (χ4n) is 3.36. The van der Waals surface area contributed by atoms with Gasteiger partial charge in [-0.2, -0.15) is 14.9 Å². The van der Waals surface area contributed by atoms with Crippen LogP contribution in [0.1, 0.15) is 22.3 Å². The van der Waals surface area contributed by atoms with E-state index in [0.29, 0.717) is 12.4 Å². The van der Waals surface area contributed by atoms with Crippen LogP contribution in [0.3, 0.4) is 0 Å². The zero-order valence-corrected chi connectivity index (χ0v) is 17.0. The first kappa shape index (κ1) is 19.4. The van der Waals surface area contributed by atoms with Gasteiger partial charge >= 0.3 is 0 Å². The topological polar surface area (TPSA) is 78.2 Å². The van der Waals surface area contributed by atoms with Crippen LogP contribution >= 0.6 is 0 Å². The van der Waals surface area contributed by atoms with Gasteiger partial charge in [-0.25, -0.2) is 0 Å². The van der Waals surface area contributed by atoms with Gasteiger partial charge in [0.2, 0.25) is 0 Å². The summed E-state index contributed by atoms with van der Waals surface area (Å²) in [6, 6.07) is 21.5. The summed E-state index contributed by atoms with van der Waals surface area (Å²) in [5.41, 5.74) is 11.4. The molecule has 0 amide bonds. The number of pyridine rings is 1. The Morgan fingerprint density at radius 1 is 1.00 bits per heavy atom. The second kappa shape index (κ2) is 8.21. The normalized spacial score (nSPS) is 11.3. The monoisotopic (exact) mass is 397 g/mol. The lowest BCUT2D eigenvalue weighted by molar-refractivity contribution is 0.689. The van der Waals surface area contributed by atoms with Crippen LogP contribution in [0, 0.1) is 13.8 Å². The van der Waals surface area contributed by atoms with Crippen LogP contribution in [-0.4, -0.2) is 20.7 Å². The standard InChI is InChI=1S/C24H23N5O/c1-17-7-6-10-20(11-17)24-21(14-26-29-22(25)12-18(2)13-23(29)30)16-28(27-24)15-19-8-4-3-5-9-19/h3-14,16H,15,25H2,1-2H3/b26-14-. The van der Waals surface area contributed by atoms with Crippen LogP contribution in [0.4, 0.5) is 5.82 Å². The first-order valence-corrected chi connectivity index (χ1v) is 9.71. The highest BCUT2D eigenvalue weighted by Gasteiger charge is 2.11. The Labute approximate surface area is 174 Å². The van der Waals surface area contributed by atoms with Gasteiger partial charge in [-0.15, -0.1) is 0 Å². The maximum absolute atomic E-state index is 12.3. The van der Waals surface area contributed by atoms with Gasteiger partial charge in [-0.05, 0) is 37.1 Å². The summed E-state index contributed by atoms with van der Waals surface area (Å²) in [5.74, 6) is 0.296. The minimum absolute atomic E-state index is 0.266. The molecule has 0 aliphatic carbocycles. The van der Waals surface area contributed by atoms with Crippen molar-refractivity contribution in [2.45, 2.75) is 20.4 Å². The highest BCUT2D eigenvalue weighted by atomic mass is 16.1. The van der Waals surface area contributed by atoms with E-state index < -0.39 is 0 Å². The Balaban J connectivity index is 1.76. The maximum atomic E-state index is 12.3. The third-order valence-corrected chi connectivity index (χ3v) is 4.76. The predicted molar refractivity (Wildman–Crippen MR) is 121 cm³/mol. The smallest absolute Gasteiger partial charge is 0.273 e. The Bertz CT molecular complexity index is 1270. The highest BCUT2D eigenvalue weighted by Crippen LogP contribution is 2.22. The third kappa shape index (κ3) is 4.22. The lowest BCUT2D eigenvalue weighted by atomic mass is 10.1. The van der Waals surface area contributed by atoms with E-state index in [1.807, 2.05) is 61.1 Å². The lowest BCUT2D eigenvalue weighted by Gasteiger charge is -2.04. The number of anilines is 1. The Hall–Kier alpha value is -3.93. The van der Waals surface area contributed by atoms with Crippen LogP contribution in [0.25, 0.3) is 11.3 Å². The molecule has 0 radical (unpaired) electrons. The lowest BCUT2D eigenvalue weighted by Crippen LogP contribution is -2.19. The van der Waals surface area contributed by atoms with Crippen LogP contribution in [0.2, 0.25) is 0 Å². The third-order valence-electron chi connectivity index (χ3n) is 4.76. The van der Waals surface area contributed by atoms with Crippen LogP contribution in [-0.2, 0) is 6.54 Å². The van der Waals surface area contributed by atoms with Crippen LogP contribution < -0.4 is 11.3 Å². The predicted octanol–water partition coefficient (Wildman–Crippen LogP) is 3.84. The molecule has 2 aromatic carbocycles. The summed E-state index contributed by atoms with van der Waals surface area (Å²) in [6.07, 6.45) is 3.57. The van der Waals surface area contributed by atoms with E-state index in [9.17, 15) is 4.79 Å². The molecule has 0 aliphatic rings. The molecule has 150 valence electrons. The number of rotatable bonds is 5. The SMILES string of the molecule is Cc1cccc(-c2nn(Cc3ccccc3)cc2/C=N\n2c(N)cc(C)cc2=O)c1. The number of nitrogens with zero attached hydrogens (tertiary/aromatic N) is 4. The van der Waals surface area contributed by atoms with Crippen molar-refractivity contribution < 1.29 is 0 Å². The summed E-state index contributed by atoms with van der Waals surface area (Å²) in [5, 5.41) is 9.14. The van der Waals surface area contributed by atoms with Crippen molar-refractivity contribution in [1.82, 2.24) is 14.5 Å². The molecule has 2 heterocycles. The van der Waals surface area contributed by atoms with E-state index in [1.165, 1.54) is 10.7 Å². The molecule has 0 atom stereocenters. The maximum Gasteiger partial charge on any atom is 0.273 e. The van der Waals surface area contributed by atoms with Gasteiger partial charge in [0.05, 0.1) is 12.8 Å². The van der Waals surface area contributed by atoms with Crippen molar-refractivity contribution in [3.8, 4) is 11.3 Å². The van der Waals surface area contributed by atoms with Crippen molar-refractivity contribution in [3.05, 3.63) is 106 Å². The van der Waals surface area contributed by atoms with E-state index in [0.717, 1.165) is 33.5 Å². The molecule has 0 spiro atoms. The van der Waals surface area contributed by atoms with Gasteiger partial charge in [-0.3, -0.25) is 9.48 Å². The molecule has 4 rings (SSSR count). The van der Waals surface area contributed by atoms with Crippen molar-refractivity contribution in [2.75, 3.05) is 5.73 Å². The number of benzene rings is 2. The number of nitrogens with two attached hydrogens (primary N) is 1. The minimum Gasteiger partial charge on any atom is -0.384 e. The Kier molecular flexibility index (Phi) is 5.30. The average molecular weight is 397 g/mol. The molecular formula is C24H23N5O. The molecule has 0 saturated carbocycles. The van der Waals surface area contributed by atoms with E-state index >= 15 is 0 Å². The van der Waals surface area contributed by atoms with Crippen molar-refractivity contribution >= 4 is 12.0 Å². The van der Waals surface area contributed by atoms with Gasteiger partial charge in [-0.1, -0.05) is 54.1 Å². The minimum atomic E-state index is -0.266. The molecule has 6 nitrogen and oxygen atoms in total. The number of aryl methyl sites for hydroxylation is 2. The van der Waals surface area contributed by atoms with Gasteiger partial charge in [0.1, 0.15) is 11.5 Å². The van der Waals surface area contributed by atoms with Crippen molar-refractivity contribution in [3.63, 3.8) is 0 Å². The number of nitrogen functional groups attached to an aromatic ring is 1. The molecule has 0 unspecified atom stereocenters. The van der Waals surface area contributed by atoms with E-state index in [1.54, 1.807) is 12.3 Å².